The third-order valence-corrected chi connectivity index (χ3v) is 4.96. The summed E-state index contributed by atoms with van der Waals surface area (Å²) in [5, 5.41) is 5.81. The van der Waals surface area contributed by atoms with Gasteiger partial charge in [-0.05, 0) is 48.5 Å². The quantitative estimate of drug-likeness (QED) is 0.403. The van der Waals surface area contributed by atoms with Crippen LogP contribution < -0.4 is 16.2 Å². The summed E-state index contributed by atoms with van der Waals surface area (Å²) < 4.78 is 1.64. The second kappa shape index (κ2) is 9.32. The summed E-state index contributed by atoms with van der Waals surface area (Å²) >= 11 is 5.22. The van der Waals surface area contributed by atoms with E-state index in [1.54, 1.807) is 24.3 Å². The molecule has 0 bridgehead atoms. The number of anilines is 1. The normalized spacial score (nSPS) is 10.6. The summed E-state index contributed by atoms with van der Waals surface area (Å²) in [6.45, 7) is 5.74. The highest BCUT2D eigenvalue weighted by molar-refractivity contribution is 7.71. The van der Waals surface area contributed by atoms with Crippen molar-refractivity contribution in [3.05, 3.63) is 81.4 Å². The molecule has 3 N–H and O–H groups in total. The van der Waals surface area contributed by atoms with E-state index < -0.39 is 5.91 Å². The van der Waals surface area contributed by atoms with Crippen molar-refractivity contribution in [2.75, 3.05) is 11.9 Å². The summed E-state index contributed by atoms with van der Waals surface area (Å²) in [5.74, 6) is -0.748. The number of amides is 2. The van der Waals surface area contributed by atoms with Gasteiger partial charge in [-0.1, -0.05) is 31.2 Å². The Morgan fingerprint density at radius 1 is 1.23 bits per heavy atom. The number of carbonyl (C=O) groups excluding carboxylic acids is 2. The predicted molar refractivity (Wildman–Crippen MR) is 120 cm³/mol. The van der Waals surface area contributed by atoms with Crippen LogP contribution in [0.4, 0.5) is 5.69 Å². The average molecular weight is 423 g/mol. The molecule has 0 radical (unpaired) electrons. The predicted octanol–water partition coefficient (Wildman–Crippen LogP) is 3.18. The third-order valence-electron chi connectivity index (χ3n) is 4.64. The van der Waals surface area contributed by atoms with Crippen molar-refractivity contribution in [3.63, 3.8) is 0 Å². The summed E-state index contributed by atoms with van der Waals surface area (Å²) in [5.41, 5.74) is 2.27. The van der Waals surface area contributed by atoms with Crippen LogP contribution in [0.5, 0.6) is 0 Å². The first-order valence-corrected chi connectivity index (χ1v) is 9.89. The summed E-state index contributed by atoms with van der Waals surface area (Å²) in [4.78, 5) is 40.2. The maximum Gasteiger partial charge on any atom is 0.262 e. The Morgan fingerprint density at radius 3 is 2.73 bits per heavy atom. The fourth-order valence-corrected chi connectivity index (χ4v) is 3.37. The zero-order chi connectivity index (χ0) is 21.7. The molecule has 0 aliphatic heterocycles. The molecule has 1 aromatic heterocycles. The van der Waals surface area contributed by atoms with E-state index in [9.17, 15) is 14.4 Å². The largest absolute Gasteiger partial charge is 0.343 e. The minimum Gasteiger partial charge on any atom is -0.343 e. The van der Waals surface area contributed by atoms with E-state index in [4.69, 9.17) is 12.2 Å². The molecule has 0 atom stereocenters. The molecular formula is C22H22N4O3S. The number of allylic oxidation sites excluding steroid dienone is 1. The Hall–Kier alpha value is -3.52. The van der Waals surface area contributed by atoms with Crippen LogP contribution >= 0.6 is 12.2 Å². The molecule has 0 aliphatic carbocycles. The number of aromatic amines is 1. The number of aryl methyl sites for hydroxylation is 1. The molecule has 7 nitrogen and oxygen atoms in total. The van der Waals surface area contributed by atoms with Gasteiger partial charge in [0, 0.05) is 17.8 Å². The van der Waals surface area contributed by atoms with Crippen molar-refractivity contribution < 1.29 is 9.59 Å². The Morgan fingerprint density at radius 2 is 2.00 bits per heavy atom. The second-order valence-corrected chi connectivity index (χ2v) is 7.02. The molecule has 0 saturated carbocycles. The Kier molecular flexibility index (Phi) is 6.58. The number of carbonyl (C=O) groups is 2. The van der Waals surface area contributed by atoms with Crippen LogP contribution in [-0.4, -0.2) is 27.9 Å². The highest BCUT2D eigenvalue weighted by Gasteiger charge is 2.12. The van der Waals surface area contributed by atoms with E-state index in [0.29, 0.717) is 23.0 Å². The first-order chi connectivity index (χ1) is 14.4. The van der Waals surface area contributed by atoms with Crippen molar-refractivity contribution in [2.45, 2.75) is 19.9 Å². The fraction of sp³-hybridized carbons (Fsp3) is 0.182. The molecule has 3 rings (SSSR count). The molecule has 1 heterocycles. The van der Waals surface area contributed by atoms with E-state index in [0.717, 1.165) is 17.7 Å². The molecule has 3 aromatic rings. The first-order valence-electron chi connectivity index (χ1n) is 9.48. The number of aromatic nitrogens is 2. The lowest BCUT2D eigenvalue weighted by molar-refractivity contribution is -0.115. The van der Waals surface area contributed by atoms with Gasteiger partial charge in [-0.25, -0.2) is 0 Å². The highest BCUT2D eigenvalue weighted by Crippen LogP contribution is 2.15. The van der Waals surface area contributed by atoms with Gasteiger partial charge in [-0.3, -0.25) is 19.0 Å². The lowest BCUT2D eigenvalue weighted by atomic mass is 10.1. The van der Waals surface area contributed by atoms with Crippen LogP contribution in [0.25, 0.3) is 10.9 Å². The first kappa shape index (κ1) is 21.2. The summed E-state index contributed by atoms with van der Waals surface area (Å²) in [6, 6.07) is 12.2. The van der Waals surface area contributed by atoms with Crippen LogP contribution in [-0.2, 0) is 17.8 Å². The van der Waals surface area contributed by atoms with Gasteiger partial charge in [0.1, 0.15) is 0 Å². The summed E-state index contributed by atoms with van der Waals surface area (Å²) in [7, 11) is 0. The number of benzene rings is 2. The van der Waals surface area contributed by atoms with Crippen molar-refractivity contribution >= 4 is 40.6 Å². The SMILES string of the molecule is C=CCn1c(=S)[nH]c2cc(C(=O)NCC(=O)Nc3ccccc3CC)ccc2c1=O. The van der Waals surface area contributed by atoms with Gasteiger partial charge in [0.05, 0.1) is 17.4 Å². The van der Waals surface area contributed by atoms with Crippen LogP contribution in [0, 0.1) is 4.77 Å². The molecule has 0 saturated heterocycles. The van der Waals surface area contributed by atoms with Gasteiger partial charge in [-0.2, -0.15) is 0 Å². The van der Waals surface area contributed by atoms with Crippen LogP contribution in [0.1, 0.15) is 22.8 Å². The molecule has 0 spiro atoms. The maximum atomic E-state index is 12.5. The lowest BCUT2D eigenvalue weighted by Crippen LogP contribution is -2.33. The third kappa shape index (κ3) is 4.55. The van der Waals surface area contributed by atoms with Crippen molar-refractivity contribution in [1.29, 1.82) is 0 Å². The zero-order valence-electron chi connectivity index (χ0n) is 16.5. The van der Waals surface area contributed by atoms with Crippen molar-refractivity contribution in [3.8, 4) is 0 Å². The number of hydrogen-bond donors (Lipinski definition) is 3. The monoisotopic (exact) mass is 422 g/mol. The Balaban J connectivity index is 1.73. The molecule has 30 heavy (non-hydrogen) atoms. The molecule has 154 valence electrons. The topological polar surface area (TPSA) is 96.0 Å². The van der Waals surface area contributed by atoms with Gasteiger partial charge in [0.15, 0.2) is 4.77 Å². The van der Waals surface area contributed by atoms with Gasteiger partial charge in [0.2, 0.25) is 5.91 Å². The minimum atomic E-state index is -0.426. The van der Waals surface area contributed by atoms with Crippen molar-refractivity contribution in [2.24, 2.45) is 0 Å². The van der Waals surface area contributed by atoms with E-state index >= 15 is 0 Å². The molecule has 0 unspecified atom stereocenters. The lowest BCUT2D eigenvalue weighted by Gasteiger charge is -2.11. The molecule has 8 heteroatoms. The van der Waals surface area contributed by atoms with Gasteiger partial charge in [-0.15, -0.1) is 6.58 Å². The van der Waals surface area contributed by atoms with Gasteiger partial charge in [0.25, 0.3) is 11.5 Å². The van der Waals surface area contributed by atoms with Crippen molar-refractivity contribution in [1.82, 2.24) is 14.9 Å². The Bertz CT molecular complexity index is 1240. The van der Waals surface area contributed by atoms with E-state index in [1.807, 2.05) is 31.2 Å². The molecule has 0 fully saturated rings. The highest BCUT2D eigenvalue weighted by atomic mass is 32.1. The molecule has 2 amide bonds. The summed E-state index contributed by atoms with van der Waals surface area (Å²) in [6.07, 6.45) is 2.37. The zero-order valence-corrected chi connectivity index (χ0v) is 17.3. The smallest absolute Gasteiger partial charge is 0.262 e. The number of hydrogen-bond acceptors (Lipinski definition) is 4. The fourth-order valence-electron chi connectivity index (χ4n) is 3.10. The van der Waals surface area contributed by atoms with Gasteiger partial charge < -0.3 is 15.6 Å². The Labute approximate surface area is 178 Å². The number of fused-ring (bicyclic) bond motifs is 1. The molecular weight excluding hydrogens is 400 g/mol. The van der Waals surface area contributed by atoms with Gasteiger partial charge >= 0.3 is 0 Å². The molecule has 2 aromatic carbocycles. The second-order valence-electron chi connectivity index (χ2n) is 6.64. The van der Waals surface area contributed by atoms with E-state index in [1.165, 1.54) is 4.57 Å². The van der Waals surface area contributed by atoms with E-state index in [-0.39, 0.29) is 22.8 Å². The number of H-pyrrole nitrogens is 1. The van der Waals surface area contributed by atoms with Crippen LogP contribution in [0.15, 0.2) is 59.9 Å². The number of nitrogens with one attached hydrogen (secondary N) is 3. The van der Waals surface area contributed by atoms with E-state index in [2.05, 4.69) is 22.2 Å². The standard InChI is InChI=1S/C22H22N4O3S/c1-3-11-26-21(29)16-10-9-15(12-18(16)25-22(26)30)20(28)23-13-19(27)24-17-8-6-5-7-14(17)4-2/h3,5-10,12H,1,4,11,13H2,2H3,(H,23,28)(H,24,27)(H,25,30). The average Bonchev–Trinajstić information content (AvgIpc) is 2.75. The number of para-hydroxylation sites is 1. The number of nitrogens with zero attached hydrogens (tertiary/aromatic N) is 1. The maximum absolute atomic E-state index is 12.5. The number of rotatable bonds is 7. The van der Waals surface area contributed by atoms with Crippen LogP contribution in [0.3, 0.4) is 0 Å². The minimum absolute atomic E-state index is 0.175. The molecule has 0 aliphatic rings. The van der Waals surface area contributed by atoms with Crippen LogP contribution in [0.2, 0.25) is 0 Å².